The molecule has 0 radical (unpaired) electrons. The molecule has 4 heteroatoms. The summed E-state index contributed by atoms with van der Waals surface area (Å²) in [5, 5.41) is 8.64. The second-order valence-corrected chi connectivity index (χ2v) is 4.08. The fraction of sp³-hybridized carbons (Fsp3) is 0.833. The van der Waals surface area contributed by atoms with Crippen LogP contribution in [0.5, 0.6) is 0 Å². The molecule has 1 atom stereocenters. The first kappa shape index (κ1) is 14.9. The van der Waals surface area contributed by atoms with E-state index < -0.39 is 11.9 Å². The zero-order valence-corrected chi connectivity index (χ0v) is 10.5. The molecule has 94 valence electrons. The van der Waals surface area contributed by atoms with Gasteiger partial charge in [-0.3, -0.25) is 9.59 Å². The third-order valence-electron chi connectivity index (χ3n) is 2.56. The Bertz CT molecular complexity index is 226. The number of rotatable bonds is 4. The molecular formula is C12H23NO3. The van der Waals surface area contributed by atoms with E-state index in [0.717, 1.165) is 6.42 Å². The van der Waals surface area contributed by atoms with Crippen molar-refractivity contribution in [1.29, 1.82) is 0 Å². The number of hydrogen-bond acceptors (Lipinski definition) is 2. The molecule has 0 aromatic rings. The smallest absolute Gasteiger partial charge is 0.308 e. The molecule has 1 heterocycles. The number of carbonyl (C=O) groups excluding carboxylic acids is 1. The van der Waals surface area contributed by atoms with E-state index in [1.165, 1.54) is 12.8 Å². The van der Waals surface area contributed by atoms with E-state index in [-0.39, 0.29) is 12.3 Å². The van der Waals surface area contributed by atoms with Gasteiger partial charge in [0.15, 0.2) is 0 Å². The van der Waals surface area contributed by atoms with Crippen molar-refractivity contribution in [2.45, 2.75) is 46.5 Å². The number of carboxylic acid groups (broad SMARTS) is 1. The van der Waals surface area contributed by atoms with Crippen molar-refractivity contribution in [3.63, 3.8) is 0 Å². The highest BCUT2D eigenvalue weighted by Crippen LogP contribution is 2.17. The van der Waals surface area contributed by atoms with Crippen LogP contribution in [0.2, 0.25) is 0 Å². The van der Waals surface area contributed by atoms with Gasteiger partial charge >= 0.3 is 5.97 Å². The minimum Gasteiger partial charge on any atom is -0.481 e. The van der Waals surface area contributed by atoms with Gasteiger partial charge in [-0.05, 0) is 6.42 Å². The van der Waals surface area contributed by atoms with Crippen LogP contribution in [0.25, 0.3) is 0 Å². The lowest BCUT2D eigenvalue weighted by molar-refractivity contribution is -0.141. The Labute approximate surface area is 97.6 Å². The summed E-state index contributed by atoms with van der Waals surface area (Å²) in [5.74, 6) is -1.37. The molecule has 1 N–H and O–H groups in total. The van der Waals surface area contributed by atoms with Gasteiger partial charge in [0.1, 0.15) is 0 Å². The summed E-state index contributed by atoms with van der Waals surface area (Å²) in [7, 11) is 0. The van der Waals surface area contributed by atoms with Crippen LogP contribution in [0.3, 0.4) is 0 Å². The predicted octanol–water partition coefficient (Wildman–Crippen LogP) is 2.14. The Morgan fingerprint density at radius 2 is 1.88 bits per heavy atom. The second kappa shape index (κ2) is 8.13. The molecular weight excluding hydrogens is 206 g/mol. The Morgan fingerprint density at radius 3 is 2.19 bits per heavy atom. The van der Waals surface area contributed by atoms with Crippen LogP contribution in [0, 0.1) is 5.92 Å². The number of hydrogen-bond donors (Lipinski definition) is 1. The zero-order valence-electron chi connectivity index (χ0n) is 10.5. The predicted molar refractivity (Wildman–Crippen MR) is 63.2 cm³/mol. The van der Waals surface area contributed by atoms with Gasteiger partial charge in [0.25, 0.3) is 0 Å². The van der Waals surface area contributed by atoms with Gasteiger partial charge in [-0.25, -0.2) is 0 Å². The third-order valence-corrected chi connectivity index (χ3v) is 2.56. The van der Waals surface area contributed by atoms with Gasteiger partial charge in [-0.1, -0.05) is 33.6 Å². The SMILES string of the molecule is CCCC.CCCN1CC(C(=O)O)CC1=O. The first-order valence-corrected chi connectivity index (χ1v) is 6.07. The fourth-order valence-corrected chi connectivity index (χ4v) is 1.42. The van der Waals surface area contributed by atoms with Gasteiger partial charge in [0.2, 0.25) is 5.91 Å². The molecule has 0 saturated carbocycles. The standard InChI is InChI=1S/C8H13NO3.C4H10/c1-2-3-9-5-6(8(11)12)4-7(9)10;1-3-4-2/h6H,2-5H2,1H3,(H,11,12);3-4H2,1-2H3. The van der Waals surface area contributed by atoms with Crippen LogP contribution in [0.1, 0.15) is 46.5 Å². The maximum absolute atomic E-state index is 11.1. The Morgan fingerprint density at radius 1 is 1.31 bits per heavy atom. The zero-order chi connectivity index (χ0) is 12.6. The van der Waals surface area contributed by atoms with Gasteiger partial charge in [0, 0.05) is 19.5 Å². The van der Waals surface area contributed by atoms with E-state index in [9.17, 15) is 9.59 Å². The number of carboxylic acids is 1. The summed E-state index contributed by atoms with van der Waals surface area (Å²) in [6.45, 7) is 7.41. The van der Waals surface area contributed by atoms with Gasteiger partial charge in [0.05, 0.1) is 5.92 Å². The first-order valence-electron chi connectivity index (χ1n) is 6.07. The summed E-state index contributed by atoms with van der Waals surface area (Å²) < 4.78 is 0. The van der Waals surface area contributed by atoms with E-state index in [0.29, 0.717) is 13.1 Å². The number of carbonyl (C=O) groups is 2. The number of nitrogens with zero attached hydrogens (tertiary/aromatic N) is 1. The number of likely N-dealkylation sites (tertiary alicyclic amines) is 1. The van der Waals surface area contributed by atoms with Crippen LogP contribution < -0.4 is 0 Å². The molecule has 1 aliphatic heterocycles. The minimum absolute atomic E-state index is 0.0238. The van der Waals surface area contributed by atoms with Crippen molar-refractivity contribution in [2.75, 3.05) is 13.1 Å². The number of unbranched alkanes of at least 4 members (excludes halogenated alkanes) is 1. The van der Waals surface area contributed by atoms with Crippen LogP contribution in [-0.4, -0.2) is 35.0 Å². The Kier molecular flexibility index (Phi) is 7.60. The summed E-state index contributed by atoms with van der Waals surface area (Å²) >= 11 is 0. The van der Waals surface area contributed by atoms with Crippen molar-refractivity contribution < 1.29 is 14.7 Å². The van der Waals surface area contributed by atoms with E-state index in [1.807, 2.05) is 6.92 Å². The Balaban J connectivity index is 0.000000487. The highest BCUT2D eigenvalue weighted by Gasteiger charge is 2.33. The molecule has 1 saturated heterocycles. The molecule has 0 bridgehead atoms. The molecule has 1 amide bonds. The van der Waals surface area contributed by atoms with Crippen molar-refractivity contribution >= 4 is 11.9 Å². The maximum Gasteiger partial charge on any atom is 0.308 e. The lowest BCUT2D eigenvalue weighted by Gasteiger charge is -2.13. The highest BCUT2D eigenvalue weighted by molar-refractivity contribution is 5.86. The molecule has 1 unspecified atom stereocenters. The van der Waals surface area contributed by atoms with Crippen LogP contribution in [0.15, 0.2) is 0 Å². The molecule has 1 rings (SSSR count). The van der Waals surface area contributed by atoms with Gasteiger partial charge in [-0.2, -0.15) is 0 Å². The summed E-state index contributed by atoms with van der Waals surface area (Å²) in [6.07, 6.45) is 3.70. The maximum atomic E-state index is 11.1. The molecule has 1 aliphatic rings. The molecule has 0 aromatic heterocycles. The molecule has 0 aromatic carbocycles. The molecule has 4 nitrogen and oxygen atoms in total. The van der Waals surface area contributed by atoms with Crippen LogP contribution in [0.4, 0.5) is 0 Å². The van der Waals surface area contributed by atoms with Gasteiger partial charge in [-0.15, -0.1) is 0 Å². The van der Waals surface area contributed by atoms with Crippen molar-refractivity contribution in [2.24, 2.45) is 5.92 Å². The van der Waals surface area contributed by atoms with E-state index in [1.54, 1.807) is 4.90 Å². The fourth-order valence-electron chi connectivity index (χ4n) is 1.42. The average Bonchev–Trinajstić information content (AvgIpc) is 2.62. The summed E-state index contributed by atoms with van der Waals surface area (Å²) in [5.41, 5.74) is 0. The number of amides is 1. The largest absolute Gasteiger partial charge is 0.481 e. The Hall–Kier alpha value is -1.06. The summed E-state index contributed by atoms with van der Waals surface area (Å²) in [6, 6.07) is 0. The first-order chi connectivity index (χ1) is 7.56. The lowest BCUT2D eigenvalue weighted by atomic mass is 10.1. The number of aliphatic carboxylic acids is 1. The topological polar surface area (TPSA) is 57.6 Å². The van der Waals surface area contributed by atoms with E-state index >= 15 is 0 Å². The molecule has 16 heavy (non-hydrogen) atoms. The van der Waals surface area contributed by atoms with Crippen LogP contribution >= 0.6 is 0 Å². The molecule has 0 spiro atoms. The minimum atomic E-state index is -0.859. The lowest BCUT2D eigenvalue weighted by Crippen LogP contribution is -2.26. The average molecular weight is 229 g/mol. The third kappa shape index (κ3) is 5.14. The van der Waals surface area contributed by atoms with Crippen molar-refractivity contribution in [3.8, 4) is 0 Å². The van der Waals surface area contributed by atoms with E-state index in [2.05, 4.69) is 13.8 Å². The van der Waals surface area contributed by atoms with Crippen LogP contribution in [-0.2, 0) is 9.59 Å². The summed E-state index contributed by atoms with van der Waals surface area (Å²) in [4.78, 5) is 23.3. The normalized spacial score (nSPS) is 19.3. The van der Waals surface area contributed by atoms with E-state index in [4.69, 9.17) is 5.11 Å². The molecule has 0 aliphatic carbocycles. The second-order valence-electron chi connectivity index (χ2n) is 4.08. The molecule has 1 fully saturated rings. The van der Waals surface area contributed by atoms with Crippen molar-refractivity contribution in [1.82, 2.24) is 4.90 Å². The monoisotopic (exact) mass is 229 g/mol. The van der Waals surface area contributed by atoms with Crippen molar-refractivity contribution in [3.05, 3.63) is 0 Å². The quantitative estimate of drug-likeness (QED) is 0.803. The highest BCUT2D eigenvalue weighted by atomic mass is 16.4. The van der Waals surface area contributed by atoms with Gasteiger partial charge < -0.3 is 10.0 Å².